The lowest BCUT2D eigenvalue weighted by Crippen LogP contribution is -2.08. The first-order chi connectivity index (χ1) is 7.36. The van der Waals surface area contributed by atoms with Crippen molar-refractivity contribution in [2.75, 3.05) is 13.4 Å². The summed E-state index contributed by atoms with van der Waals surface area (Å²) in [7, 11) is 0. The summed E-state index contributed by atoms with van der Waals surface area (Å²) in [6.07, 6.45) is 1.44. The normalized spacial score (nSPS) is 13.7. The smallest absolute Gasteiger partial charge is 0.338 e. The molecule has 1 aromatic carbocycles. The van der Waals surface area contributed by atoms with E-state index in [1.165, 1.54) is 6.26 Å². The van der Waals surface area contributed by atoms with E-state index in [2.05, 4.69) is 0 Å². The third-order valence-corrected chi connectivity index (χ3v) is 1.88. The maximum atomic E-state index is 11.5. The second kappa shape index (κ2) is 4.50. The van der Waals surface area contributed by atoms with Gasteiger partial charge in [0, 0.05) is 0 Å². The standard InChI is InChI=1S/C11H10O4/c12-11(9-4-2-1-3-5-9)14-7-10-6-13-8-15-10/h1-6H,7-8H2. The summed E-state index contributed by atoms with van der Waals surface area (Å²) in [5.74, 6) is 0.159. The van der Waals surface area contributed by atoms with Crippen molar-refractivity contribution in [3.8, 4) is 0 Å². The monoisotopic (exact) mass is 206 g/mol. The van der Waals surface area contributed by atoms with Gasteiger partial charge in [0.2, 0.25) is 6.79 Å². The van der Waals surface area contributed by atoms with Gasteiger partial charge in [0.05, 0.1) is 5.56 Å². The highest BCUT2D eigenvalue weighted by Crippen LogP contribution is 2.08. The molecule has 0 bridgehead atoms. The molecule has 15 heavy (non-hydrogen) atoms. The fourth-order valence-electron chi connectivity index (χ4n) is 1.14. The fourth-order valence-corrected chi connectivity index (χ4v) is 1.14. The first-order valence-electron chi connectivity index (χ1n) is 4.52. The van der Waals surface area contributed by atoms with Crippen molar-refractivity contribution in [2.24, 2.45) is 0 Å². The number of carbonyl (C=O) groups is 1. The summed E-state index contributed by atoms with van der Waals surface area (Å²) in [6, 6.07) is 8.80. The number of rotatable bonds is 3. The largest absolute Gasteiger partial charge is 0.461 e. The van der Waals surface area contributed by atoms with Gasteiger partial charge in [0.15, 0.2) is 12.4 Å². The fraction of sp³-hybridized carbons (Fsp3) is 0.182. The summed E-state index contributed by atoms with van der Waals surface area (Å²) >= 11 is 0. The number of benzene rings is 1. The lowest BCUT2D eigenvalue weighted by atomic mass is 10.2. The molecule has 4 nitrogen and oxygen atoms in total. The van der Waals surface area contributed by atoms with Crippen LogP contribution >= 0.6 is 0 Å². The Morgan fingerprint density at radius 1 is 1.33 bits per heavy atom. The Morgan fingerprint density at radius 2 is 2.13 bits per heavy atom. The van der Waals surface area contributed by atoms with E-state index < -0.39 is 0 Å². The van der Waals surface area contributed by atoms with Crippen molar-refractivity contribution in [3.05, 3.63) is 47.9 Å². The van der Waals surface area contributed by atoms with Gasteiger partial charge in [0.25, 0.3) is 0 Å². The molecular formula is C11H10O4. The van der Waals surface area contributed by atoms with Crippen LogP contribution in [0.3, 0.4) is 0 Å². The van der Waals surface area contributed by atoms with E-state index in [0.29, 0.717) is 11.3 Å². The highest BCUT2D eigenvalue weighted by atomic mass is 16.7. The van der Waals surface area contributed by atoms with Crippen LogP contribution < -0.4 is 0 Å². The lowest BCUT2D eigenvalue weighted by Gasteiger charge is -2.03. The molecule has 0 fully saturated rings. The number of carbonyl (C=O) groups excluding carboxylic acids is 1. The molecule has 0 saturated carbocycles. The zero-order valence-corrected chi connectivity index (χ0v) is 8.01. The van der Waals surface area contributed by atoms with Crippen LogP contribution in [0.5, 0.6) is 0 Å². The molecule has 0 amide bonds. The second-order valence-corrected chi connectivity index (χ2v) is 2.96. The van der Waals surface area contributed by atoms with Crippen LogP contribution in [0.1, 0.15) is 10.4 Å². The summed E-state index contributed by atoms with van der Waals surface area (Å²) in [4.78, 5) is 11.5. The van der Waals surface area contributed by atoms with E-state index in [1.807, 2.05) is 6.07 Å². The zero-order chi connectivity index (χ0) is 10.5. The molecule has 2 rings (SSSR count). The topological polar surface area (TPSA) is 44.8 Å². The van der Waals surface area contributed by atoms with Crippen LogP contribution in [-0.4, -0.2) is 19.4 Å². The third kappa shape index (κ3) is 2.49. The summed E-state index contributed by atoms with van der Waals surface area (Å²) in [6.45, 7) is 0.298. The Hall–Kier alpha value is -1.97. The van der Waals surface area contributed by atoms with Gasteiger partial charge in [-0.2, -0.15) is 0 Å². The molecule has 0 N–H and O–H groups in total. The van der Waals surface area contributed by atoms with E-state index >= 15 is 0 Å². The number of hydrogen-bond donors (Lipinski definition) is 0. The van der Waals surface area contributed by atoms with E-state index in [0.717, 1.165) is 0 Å². The van der Waals surface area contributed by atoms with Gasteiger partial charge >= 0.3 is 5.97 Å². The minimum Gasteiger partial charge on any atom is -0.461 e. The molecule has 0 aliphatic carbocycles. The SMILES string of the molecule is O=C(OCC1=COCO1)c1ccccc1. The summed E-state index contributed by atoms with van der Waals surface area (Å²) < 4.78 is 14.8. The lowest BCUT2D eigenvalue weighted by molar-refractivity contribution is 0.0388. The Bertz CT molecular complexity index is 369. The minimum absolute atomic E-state index is 0.105. The molecular weight excluding hydrogens is 196 g/mol. The molecule has 1 aromatic rings. The van der Waals surface area contributed by atoms with Gasteiger partial charge in [-0.25, -0.2) is 4.79 Å². The second-order valence-electron chi connectivity index (χ2n) is 2.96. The molecule has 0 unspecified atom stereocenters. The summed E-state index contributed by atoms with van der Waals surface area (Å²) in [5.41, 5.74) is 0.525. The van der Waals surface area contributed by atoms with E-state index in [-0.39, 0.29) is 19.4 Å². The van der Waals surface area contributed by atoms with Gasteiger partial charge in [-0.15, -0.1) is 0 Å². The van der Waals surface area contributed by atoms with Gasteiger partial charge < -0.3 is 14.2 Å². The molecule has 0 atom stereocenters. The Morgan fingerprint density at radius 3 is 2.80 bits per heavy atom. The van der Waals surface area contributed by atoms with Gasteiger partial charge in [-0.3, -0.25) is 0 Å². The molecule has 1 heterocycles. The molecule has 1 aliphatic heterocycles. The average Bonchev–Trinajstić information content (AvgIpc) is 2.80. The molecule has 0 radical (unpaired) electrons. The molecule has 78 valence electrons. The minimum atomic E-state index is -0.369. The third-order valence-electron chi connectivity index (χ3n) is 1.88. The summed E-state index contributed by atoms with van der Waals surface area (Å²) in [5, 5.41) is 0. The Balaban J connectivity index is 1.87. The maximum Gasteiger partial charge on any atom is 0.338 e. The van der Waals surface area contributed by atoms with Crippen LogP contribution in [0.25, 0.3) is 0 Å². The van der Waals surface area contributed by atoms with Gasteiger partial charge in [-0.1, -0.05) is 18.2 Å². The van der Waals surface area contributed by atoms with E-state index in [4.69, 9.17) is 14.2 Å². The molecule has 1 aliphatic rings. The zero-order valence-electron chi connectivity index (χ0n) is 8.01. The molecule has 0 spiro atoms. The van der Waals surface area contributed by atoms with Crippen LogP contribution in [0.4, 0.5) is 0 Å². The van der Waals surface area contributed by atoms with Crippen molar-refractivity contribution in [1.29, 1.82) is 0 Å². The number of esters is 1. The molecule has 0 aromatic heterocycles. The number of ether oxygens (including phenoxy) is 3. The van der Waals surface area contributed by atoms with Crippen molar-refractivity contribution in [2.45, 2.75) is 0 Å². The van der Waals surface area contributed by atoms with Crippen molar-refractivity contribution < 1.29 is 19.0 Å². The van der Waals surface area contributed by atoms with Crippen molar-refractivity contribution in [1.82, 2.24) is 0 Å². The van der Waals surface area contributed by atoms with Gasteiger partial charge in [0.1, 0.15) is 6.26 Å². The number of hydrogen-bond acceptors (Lipinski definition) is 4. The van der Waals surface area contributed by atoms with E-state index in [1.54, 1.807) is 24.3 Å². The first kappa shape index (κ1) is 9.58. The van der Waals surface area contributed by atoms with Crippen LogP contribution in [0, 0.1) is 0 Å². The Kier molecular flexibility index (Phi) is 2.88. The van der Waals surface area contributed by atoms with Crippen LogP contribution in [0.15, 0.2) is 42.4 Å². The van der Waals surface area contributed by atoms with Crippen LogP contribution in [0.2, 0.25) is 0 Å². The van der Waals surface area contributed by atoms with E-state index in [9.17, 15) is 4.79 Å². The Labute approximate surface area is 87.1 Å². The average molecular weight is 206 g/mol. The molecule has 0 saturated heterocycles. The van der Waals surface area contributed by atoms with Gasteiger partial charge in [-0.05, 0) is 12.1 Å². The van der Waals surface area contributed by atoms with Crippen molar-refractivity contribution >= 4 is 5.97 Å². The highest BCUT2D eigenvalue weighted by molar-refractivity contribution is 5.89. The predicted molar refractivity (Wildman–Crippen MR) is 51.8 cm³/mol. The first-order valence-corrected chi connectivity index (χ1v) is 4.52. The quantitative estimate of drug-likeness (QED) is 0.706. The molecule has 4 heteroatoms. The van der Waals surface area contributed by atoms with Crippen LogP contribution in [-0.2, 0) is 14.2 Å². The highest BCUT2D eigenvalue weighted by Gasteiger charge is 2.11. The predicted octanol–water partition coefficient (Wildman–Crippen LogP) is 1.69. The van der Waals surface area contributed by atoms with Crippen molar-refractivity contribution in [3.63, 3.8) is 0 Å². The maximum absolute atomic E-state index is 11.5.